The number of hydrogen-bond donors (Lipinski definition) is 1. The van der Waals surface area contributed by atoms with E-state index in [0.29, 0.717) is 17.4 Å². The Morgan fingerprint density at radius 3 is 2.76 bits per heavy atom. The van der Waals surface area contributed by atoms with Gasteiger partial charge < -0.3 is 15.0 Å². The SMILES string of the molecule is CC1CCCC(Oc2ccc(N3CCNCC3)c(F)c2)C1. The number of benzene rings is 1. The molecule has 2 atom stereocenters. The van der Waals surface area contributed by atoms with Crippen LogP contribution in [0.2, 0.25) is 0 Å². The van der Waals surface area contributed by atoms with E-state index in [0.717, 1.165) is 39.0 Å². The fraction of sp³-hybridized carbons (Fsp3) is 0.647. The maximum absolute atomic E-state index is 14.3. The Labute approximate surface area is 126 Å². The van der Waals surface area contributed by atoms with Gasteiger partial charge >= 0.3 is 0 Å². The Morgan fingerprint density at radius 2 is 2.05 bits per heavy atom. The molecule has 1 heterocycles. The van der Waals surface area contributed by atoms with Crippen molar-refractivity contribution in [3.05, 3.63) is 24.0 Å². The van der Waals surface area contributed by atoms with Crippen molar-refractivity contribution in [1.82, 2.24) is 5.32 Å². The van der Waals surface area contributed by atoms with Crippen molar-refractivity contribution in [2.45, 2.75) is 38.7 Å². The molecule has 4 heteroatoms. The maximum atomic E-state index is 14.3. The number of nitrogens with zero attached hydrogens (tertiary/aromatic N) is 1. The summed E-state index contributed by atoms with van der Waals surface area (Å²) in [6.07, 6.45) is 4.92. The molecule has 0 spiro atoms. The maximum Gasteiger partial charge on any atom is 0.150 e. The van der Waals surface area contributed by atoms with Crippen molar-refractivity contribution < 1.29 is 9.13 Å². The van der Waals surface area contributed by atoms with Gasteiger partial charge in [-0.2, -0.15) is 0 Å². The van der Waals surface area contributed by atoms with E-state index in [1.165, 1.54) is 12.8 Å². The second-order valence-corrected chi connectivity index (χ2v) is 6.36. The first-order valence-electron chi connectivity index (χ1n) is 8.14. The molecule has 3 rings (SSSR count). The Balaban J connectivity index is 1.66. The molecule has 2 fully saturated rings. The smallest absolute Gasteiger partial charge is 0.150 e. The van der Waals surface area contributed by atoms with Crippen LogP contribution in [0.3, 0.4) is 0 Å². The first kappa shape index (κ1) is 14.6. The summed E-state index contributed by atoms with van der Waals surface area (Å²) in [4.78, 5) is 2.10. The van der Waals surface area contributed by atoms with Crippen LogP contribution < -0.4 is 15.0 Å². The Bertz CT molecular complexity index is 474. The second kappa shape index (κ2) is 6.65. The highest BCUT2D eigenvalue weighted by Crippen LogP contribution is 2.29. The molecule has 1 aliphatic heterocycles. The lowest BCUT2D eigenvalue weighted by Crippen LogP contribution is -2.43. The first-order valence-corrected chi connectivity index (χ1v) is 8.14. The van der Waals surface area contributed by atoms with Crippen LogP contribution >= 0.6 is 0 Å². The lowest BCUT2D eigenvalue weighted by Gasteiger charge is -2.30. The topological polar surface area (TPSA) is 24.5 Å². The largest absolute Gasteiger partial charge is 0.490 e. The fourth-order valence-electron chi connectivity index (χ4n) is 3.40. The highest BCUT2D eigenvalue weighted by molar-refractivity contribution is 5.51. The standard InChI is InChI=1S/C17H25FN2O/c1-13-3-2-4-14(11-13)21-15-5-6-17(16(18)12-15)20-9-7-19-8-10-20/h5-6,12-14,19H,2-4,7-11H2,1H3. The van der Waals surface area contributed by atoms with Crippen LogP contribution in [0.25, 0.3) is 0 Å². The molecule has 1 saturated heterocycles. The van der Waals surface area contributed by atoms with Crippen molar-refractivity contribution >= 4 is 5.69 Å². The summed E-state index contributed by atoms with van der Waals surface area (Å²) in [5, 5.41) is 3.28. The van der Waals surface area contributed by atoms with Gasteiger partial charge in [-0.25, -0.2) is 4.39 Å². The molecular weight excluding hydrogens is 267 g/mol. The number of halogens is 1. The van der Waals surface area contributed by atoms with Crippen LogP contribution in [-0.4, -0.2) is 32.3 Å². The van der Waals surface area contributed by atoms with Crippen LogP contribution in [0, 0.1) is 11.7 Å². The molecule has 0 radical (unpaired) electrons. The third kappa shape index (κ3) is 3.67. The van der Waals surface area contributed by atoms with Gasteiger partial charge in [-0.05, 0) is 37.3 Å². The van der Waals surface area contributed by atoms with Crippen LogP contribution in [0.1, 0.15) is 32.6 Å². The van der Waals surface area contributed by atoms with Crippen LogP contribution in [-0.2, 0) is 0 Å². The third-order valence-electron chi connectivity index (χ3n) is 4.57. The zero-order valence-electron chi connectivity index (χ0n) is 12.8. The van der Waals surface area contributed by atoms with E-state index in [-0.39, 0.29) is 11.9 Å². The first-order chi connectivity index (χ1) is 10.2. The Morgan fingerprint density at radius 1 is 1.24 bits per heavy atom. The van der Waals surface area contributed by atoms with Gasteiger partial charge in [-0.3, -0.25) is 0 Å². The minimum atomic E-state index is -0.168. The number of ether oxygens (including phenoxy) is 1. The van der Waals surface area contributed by atoms with Gasteiger partial charge in [0, 0.05) is 32.2 Å². The summed E-state index contributed by atoms with van der Waals surface area (Å²) in [7, 11) is 0. The number of hydrogen-bond acceptors (Lipinski definition) is 3. The van der Waals surface area contributed by atoms with Crippen molar-refractivity contribution in [2.75, 3.05) is 31.1 Å². The van der Waals surface area contributed by atoms with Crippen LogP contribution in [0.4, 0.5) is 10.1 Å². The van der Waals surface area contributed by atoms with Gasteiger partial charge in [0.2, 0.25) is 0 Å². The number of anilines is 1. The number of rotatable bonds is 3. The number of nitrogens with one attached hydrogen (secondary N) is 1. The molecule has 21 heavy (non-hydrogen) atoms. The zero-order chi connectivity index (χ0) is 14.7. The van der Waals surface area contributed by atoms with Gasteiger partial charge in [0.1, 0.15) is 11.6 Å². The lowest BCUT2D eigenvalue weighted by molar-refractivity contribution is 0.129. The number of piperazine rings is 1. The minimum absolute atomic E-state index is 0.168. The fourth-order valence-corrected chi connectivity index (χ4v) is 3.40. The van der Waals surface area contributed by atoms with Gasteiger partial charge in [-0.15, -0.1) is 0 Å². The van der Waals surface area contributed by atoms with Crippen molar-refractivity contribution in [1.29, 1.82) is 0 Å². The quantitative estimate of drug-likeness (QED) is 0.926. The normalized spacial score (nSPS) is 26.7. The summed E-state index contributed by atoms with van der Waals surface area (Å²) < 4.78 is 20.3. The molecule has 1 N–H and O–H groups in total. The average molecular weight is 292 g/mol. The predicted octanol–water partition coefficient (Wildman–Crippen LogP) is 3.19. The van der Waals surface area contributed by atoms with E-state index in [1.54, 1.807) is 6.07 Å². The molecule has 0 bridgehead atoms. The highest BCUT2D eigenvalue weighted by Gasteiger charge is 2.21. The molecular formula is C17H25FN2O. The second-order valence-electron chi connectivity index (χ2n) is 6.36. The van der Waals surface area contributed by atoms with E-state index in [2.05, 4.69) is 17.1 Å². The molecule has 116 valence electrons. The predicted molar refractivity (Wildman–Crippen MR) is 83.5 cm³/mol. The molecule has 1 aromatic carbocycles. The van der Waals surface area contributed by atoms with Crippen molar-refractivity contribution in [2.24, 2.45) is 5.92 Å². The average Bonchev–Trinajstić information content (AvgIpc) is 2.48. The molecule has 2 aliphatic rings. The van der Waals surface area contributed by atoms with E-state index >= 15 is 0 Å². The summed E-state index contributed by atoms with van der Waals surface area (Å²) in [5.74, 6) is 1.22. The van der Waals surface area contributed by atoms with Gasteiger partial charge in [0.05, 0.1) is 11.8 Å². The zero-order valence-corrected chi connectivity index (χ0v) is 12.8. The monoisotopic (exact) mass is 292 g/mol. The van der Waals surface area contributed by atoms with E-state index in [1.807, 2.05) is 12.1 Å². The van der Waals surface area contributed by atoms with Crippen LogP contribution in [0.5, 0.6) is 5.75 Å². The molecule has 1 aliphatic carbocycles. The summed E-state index contributed by atoms with van der Waals surface area (Å²) in [5.41, 5.74) is 0.695. The van der Waals surface area contributed by atoms with E-state index < -0.39 is 0 Å². The molecule has 1 aromatic rings. The van der Waals surface area contributed by atoms with E-state index in [9.17, 15) is 4.39 Å². The van der Waals surface area contributed by atoms with Crippen molar-refractivity contribution in [3.63, 3.8) is 0 Å². The summed E-state index contributed by atoms with van der Waals surface area (Å²) in [6, 6.07) is 5.33. The van der Waals surface area contributed by atoms with Crippen LogP contribution in [0.15, 0.2) is 18.2 Å². The Kier molecular flexibility index (Phi) is 4.63. The molecule has 2 unspecified atom stereocenters. The molecule has 0 amide bonds. The molecule has 1 saturated carbocycles. The molecule has 0 aromatic heterocycles. The minimum Gasteiger partial charge on any atom is -0.490 e. The van der Waals surface area contributed by atoms with Crippen molar-refractivity contribution in [3.8, 4) is 5.75 Å². The third-order valence-corrected chi connectivity index (χ3v) is 4.57. The van der Waals surface area contributed by atoms with E-state index in [4.69, 9.17) is 4.74 Å². The van der Waals surface area contributed by atoms with Gasteiger partial charge in [0.25, 0.3) is 0 Å². The highest BCUT2D eigenvalue weighted by atomic mass is 19.1. The lowest BCUT2D eigenvalue weighted by atomic mass is 9.89. The van der Waals surface area contributed by atoms with Gasteiger partial charge in [0.15, 0.2) is 0 Å². The van der Waals surface area contributed by atoms with Gasteiger partial charge in [-0.1, -0.05) is 13.3 Å². The Hall–Kier alpha value is -1.29. The molecule has 3 nitrogen and oxygen atoms in total. The summed E-state index contributed by atoms with van der Waals surface area (Å²) >= 11 is 0. The summed E-state index contributed by atoms with van der Waals surface area (Å²) in [6.45, 7) is 5.81.